The van der Waals surface area contributed by atoms with Crippen LogP contribution < -0.4 is 29.6 Å². The molecule has 0 aliphatic heterocycles. The molecular weight excluding hydrogens is 156 g/mol. The van der Waals surface area contributed by atoms with Gasteiger partial charge in [0.05, 0.1) is 5.09 Å². The normalized spacial score (nSPS) is 4.00. The molecule has 0 saturated heterocycles. The minimum absolute atomic E-state index is 0. The SMILES string of the molecule is O=[N+]([O-])[O-].[Na+].[O]=[Mn]. The number of nitrogens with zero attached hydrogens (tertiary/aromatic N) is 1. The van der Waals surface area contributed by atoms with Gasteiger partial charge in [0.15, 0.2) is 0 Å². The molecular formula is MnNNaO4. The van der Waals surface area contributed by atoms with Crippen LogP contribution in [0.3, 0.4) is 0 Å². The Bertz CT molecular complexity index is 43.0. The second-order valence-electron chi connectivity index (χ2n) is 0.224. The van der Waals surface area contributed by atoms with Crippen LogP contribution in [0.1, 0.15) is 0 Å². The standard InChI is InChI=1S/Mn.NO3.Na.O/c;2-1(3)4;;/q;-1;+1;. The number of hydrogen-bond acceptors (Lipinski definition) is 4. The third-order valence-electron chi connectivity index (χ3n) is 0. The first-order valence-corrected chi connectivity index (χ1v) is 1.18. The molecule has 0 radical (unpaired) electrons. The van der Waals surface area contributed by atoms with E-state index in [4.69, 9.17) is 19.2 Å². The van der Waals surface area contributed by atoms with Gasteiger partial charge in [-0.1, -0.05) is 0 Å². The number of hydrogen-bond donors (Lipinski definition) is 0. The number of rotatable bonds is 0. The van der Waals surface area contributed by atoms with Crippen molar-refractivity contribution in [1.82, 2.24) is 0 Å². The molecule has 0 unspecified atom stereocenters. The van der Waals surface area contributed by atoms with E-state index in [-0.39, 0.29) is 29.6 Å². The summed E-state index contributed by atoms with van der Waals surface area (Å²) in [5, 5.41) is 14.8. The minimum atomic E-state index is -1.75. The van der Waals surface area contributed by atoms with Gasteiger partial charge in [0.2, 0.25) is 0 Å². The molecule has 0 bridgehead atoms. The Morgan fingerprint density at radius 3 is 1.29 bits per heavy atom. The van der Waals surface area contributed by atoms with Crippen molar-refractivity contribution < 1.29 is 54.4 Å². The van der Waals surface area contributed by atoms with Crippen molar-refractivity contribution in [3.8, 4) is 0 Å². The van der Waals surface area contributed by atoms with Crippen LogP contribution in [0.2, 0.25) is 0 Å². The molecule has 0 amide bonds. The van der Waals surface area contributed by atoms with E-state index >= 15 is 0 Å². The van der Waals surface area contributed by atoms with Gasteiger partial charge in [0.25, 0.3) is 0 Å². The van der Waals surface area contributed by atoms with Gasteiger partial charge < -0.3 is 15.3 Å². The summed E-state index contributed by atoms with van der Waals surface area (Å²) in [4.78, 5) is 8.25. The zero-order valence-corrected chi connectivity index (χ0v) is 6.64. The van der Waals surface area contributed by atoms with Gasteiger partial charge in [0.1, 0.15) is 0 Å². The molecule has 0 aliphatic rings. The van der Waals surface area contributed by atoms with Gasteiger partial charge in [0, 0.05) is 0 Å². The molecule has 0 N–H and O–H groups in total. The predicted octanol–water partition coefficient (Wildman–Crippen LogP) is -3.36. The van der Waals surface area contributed by atoms with Crippen LogP contribution in [0.15, 0.2) is 0 Å². The van der Waals surface area contributed by atoms with E-state index in [1.54, 1.807) is 15.9 Å². The summed E-state index contributed by atoms with van der Waals surface area (Å²) in [6, 6.07) is 0. The summed E-state index contributed by atoms with van der Waals surface area (Å²) in [5.74, 6) is 0. The van der Waals surface area contributed by atoms with E-state index in [2.05, 4.69) is 0 Å². The zero-order valence-electron chi connectivity index (χ0n) is 3.46. The van der Waals surface area contributed by atoms with Crippen molar-refractivity contribution in [2.45, 2.75) is 0 Å². The quantitative estimate of drug-likeness (QED) is 0.208. The van der Waals surface area contributed by atoms with E-state index in [1.807, 2.05) is 0 Å². The fraction of sp³-hybridized carbons (Fsp3) is 0. The van der Waals surface area contributed by atoms with E-state index in [0.717, 1.165) is 0 Å². The molecule has 0 aromatic rings. The van der Waals surface area contributed by atoms with Gasteiger partial charge in [-0.15, -0.1) is 0 Å². The molecule has 37 valence electrons. The van der Waals surface area contributed by atoms with Crippen LogP contribution in [0.25, 0.3) is 0 Å². The van der Waals surface area contributed by atoms with Crippen LogP contribution in [0.5, 0.6) is 0 Å². The average Bonchev–Trinajstić information content (AvgIpc) is 1.41. The average molecular weight is 156 g/mol. The van der Waals surface area contributed by atoms with Crippen LogP contribution in [-0.2, 0) is 19.8 Å². The van der Waals surface area contributed by atoms with Crippen LogP contribution in [0, 0.1) is 15.3 Å². The third kappa shape index (κ3) is 493. The summed E-state index contributed by atoms with van der Waals surface area (Å²) in [5.41, 5.74) is 0. The molecule has 7 heavy (non-hydrogen) atoms. The van der Waals surface area contributed by atoms with E-state index in [0.29, 0.717) is 0 Å². The Balaban J connectivity index is -0.0000000480. The van der Waals surface area contributed by atoms with Gasteiger partial charge in [-0.2, -0.15) is 0 Å². The summed E-state index contributed by atoms with van der Waals surface area (Å²) in [7, 11) is 0. The van der Waals surface area contributed by atoms with Crippen molar-refractivity contribution in [3.63, 3.8) is 0 Å². The molecule has 0 saturated carbocycles. The fourth-order valence-electron chi connectivity index (χ4n) is 0. The van der Waals surface area contributed by atoms with Gasteiger partial charge in [-0.05, 0) is 0 Å². The summed E-state index contributed by atoms with van der Waals surface area (Å²) >= 11 is 1.69. The molecule has 0 heterocycles. The van der Waals surface area contributed by atoms with Gasteiger partial charge >= 0.3 is 49.3 Å². The summed E-state index contributed by atoms with van der Waals surface area (Å²) in [6.07, 6.45) is 0. The van der Waals surface area contributed by atoms with E-state index in [1.165, 1.54) is 0 Å². The van der Waals surface area contributed by atoms with Crippen molar-refractivity contribution in [3.05, 3.63) is 15.3 Å². The third-order valence-corrected chi connectivity index (χ3v) is 0. The molecule has 7 heteroatoms. The zero-order chi connectivity index (χ0) is 5.58. The van der Waals surface area contributed by atoms with Crippen molar-refractivity contribution in [1.29, 1.82) is 0 Å². The topological polar surface area (TPSA) is 83.3 Å². The maximum absolute atomic E-state index is 8.25. The Morgan fingerprint density at radius 1 is 1.29 bits per heavy atom. The van der Waals surface area contributed by atoms with Gasteiger partial charge in [-0.3, -0.25) is 0 Å². The predicted molar refractivity (Wildman–Crippen MR) is 11.0 cm³/mol. The van der Waals surface area contributed by atoms with Crippen molar-refractivity contribution in [2.24, 2.45) is 0 Å². The molecule has 0 aromatic carbocycles. The van der Waals surface area contributed by atoms with Crippen molar-refractivity contribution >= 4 is 0 Å². The van der Waals surface area contributed by atoms with E-state index in [9.17, 15) is 0 Å². The molecule has 0 spiro atoms. The van der Waals surface area contributed by atoms with Crippen LogP contribution in [0.4, 0.5) is 0 Å². The first kappa shape index (κ1) is 15.6. The molecule has 5 nitrogen and oxygen atoms in total. The molecule has 0 aliphatic carbocycles. The molecule has 0 fully saturated rings. The monoisotopic (exact) mass is 156 g/mol. The van der Waals surface area contributed by atoms with E-state index < -0.39 is 5.09 Å². The van der Waals surface area contributed by atoms with Crippen molar-refractivity contribution in [2.75, 3.05) is 0 Å². The summed E-state index contributed by atoms with van der Waals surface area (Å²) in [6.45, 7) is 0. The second-order valence-corrected chi connectivity index (χ2v) is 0.224. The summed E-state index contributed by atoms with van der Waals surface area (Å²) < 4.78 is 8.06. The fourth-order valence-corrected chi connectivity index (χ4v) is 0. The van der Waals surface area contributed by atoms with Crippen LogP contribution in [-0.4, -0.2) is 5.09 Å². The Morgan fingerprint density at radius 2 is 1.29 bits per heavy atom. The molecule has 0 aromatic heterocycles. The Labute approximate surface area is 69.5 Å². The molecule has 0 atom stereocenters. The first-order chi connectivity index (χ1) is 2.73. The second kappa shape index (κ2) is 16.0. The van der Waals surface area contributed by atoms with Gasteiger partial charge in [-0.25, -0.2) is 0 Å². The Kier molecular flexibility index (Phi) is 35.8. The molecule has 0 rings (SSSR count). The van der Waals surface area contributed by atoms with Crippen LogP contribution >= 0.6 is 0 Å². The first-order valence-electron chi connectivity index (χ1n) is 0.702. The Hall–Kier alpha value is 0.519. The maximum atomic E-state index is 8.25.